The van der Waals surface area contributed by atoms with Gasteiger partial charge in [0, 0.05) is 0 Å². The van der Waals surface area contributed by atoms with Crippen molar-refractivity contribution in [3.05, 3.63) is 29.8 Å². The van der Waals surface area contributed by atoms with Gasteiger partial charge in [-0.3, -0.25) is 0 Å². The highest BCUT2D eigenvalue weighted by atomic mass is 32.2. The van der Waals surface area contributed by atoms with E-state index in [1.54, 1.807) is 0 Å². The molecule has 5 rings (SSSR count). The normalized spacial score (nSPS) is 41.4. The van der Waals surface area contributed by atoms with Crippen molar-refractivity contribution in [2.24, 2.45) is 17.8 Å². The lowest BCUT2D eigenvalue weighted by Crippen LogP contribution is -2.48. The molecule has 4 aliphatic rings. The van der Waals surface area contributed by atoms with Gasteiger partial charge in [-0.2, -0.15) is 0 Å². The minimum Gasteiger partial charge on any atom is -0.302 e. The van der Waals surface area contributed by atoms with Crippen LogP contribution in [0.15, 0.2) is 29.2 Å². The molecule has 102 valence electrons. The van der Waals surface area contributed by atoms with Gasteiger partial charge >= 0.3 is 0 Å². The quantitative estimate of drug-likeness (QED) is 0.836. The SMILES string of the molecule is O=S(O)c1ccc(C23CC4CC(CC(C4)C2)C3)cc1. The van der Waals surface area contributed by atoms with Crippen molar-refractivity contribution in [1.82, 2.24) is 0 Å². The van der Waals surface area contributed by atoms with Crippen LogP contribution in [0.4, 0.5) is 0 Å². The van der Waals surface area contributed by atoms with Crippen LogP contribution < -0.4 is 0 Å². The molecule has 1 aromatic carbocycles. The number of rotatable bonds is 2. The van der Waals surface area contributed by atoms with Crippen LogP contribution in [0.5, 0.6) is 0 Å². The number of hydrogen-bond acceptors (Lipinski definition) is 1. The summed E-state index contributed by atoms with van der Waals surface area (Å²) in [6.45, 7) is 0. The number of hydrogen-bond donors (Lipinski definition) is 1. The minimum atomic E-state index is -1.85. The van der Waals surface area contributed by atoms with Crippen LogP contribution >= 0.6 is 0 Å². The van der Waals surface area contributed by atoms with Gasteiger partial charge in [0.05, 0.1) is 4.90 Å². The molecular formula is C16H20O2S. The predicted octanol–water partition coefficient (Wildman–Crippen LogP) is 3.74. The van der Waals surface area contributed by atoms with E-state index < -0.39 is 11.1 Å². The maximum Gasteiger partial charge on any atom is 0.186 e. The van der Waals surface area contributed by atoms with Crippen LogP contribution in [0.25, 0.3) is 0 Å². The van der Waals surface area contributed by atoms with Gasteiger partial charge in [-0.05, 0) is 79.4 Å². The fourth-order valence-corrected chi connectivity index (χ4v) is 5.76. The largest absolute Gasteiger partial charge is 0.302 e. The zero-order valence-corrected chi connectivity index (χ0v) is 11.9. The summed E-state index contributed by atoms with van der Waals surface area (Å²) in [5, 5.41) is 0. The van der Waals surface area contributed by atoms with Gasteiger partial charge in [-0.15, -0.1) is 0 Å². The zero-order chi connectivity index (χ0) is 13.0. The molecule has 0 amide bonds. The Morgan fingerprint density at radius 3 is 1.84 bits per heavy atom. The highest BCUT2D eigenvalue weighted by molar-refractivity contribution is 7.79. The molecule has 0 heterocycles. The van der Waals surface area contributed by atoms with Gasteiger partial charge in [-0.1, -0.05) is 12.1 Å². The van der Waals surface area contributed by atoms with E-state index in [1.165, 1.54) is 44.1 Å². The van der Waals surface area contributed by atoms with Crippen molar-refractivity contribution < 1.29 is 8.76 Å². The molecule has 4 aliphatic carbocycles. The van der Waals surface area contributed by atoms with E-state index >= 15 is 0 Å². The van der Waals surface area contributed by atoms with E-state index in [0.29, 0.717) is 10.3 Å². The Kier molecular flexibility index (Phi) is 2.65. The summed E-state index contributed by atoms with van der Waals surface area (Å²) in [5.74, 6) is 2.83. The fourth-order valence-electron chi connectivity index (χ4n) is 5.39. The first-order valence-electron chi connectivity index (χ1n) is 7.36. The lowest BCUT2D eigenvalue weighted by Gasteiger charge is -2.57. The van der Waals surface area contributed by atoms with Gasteiger partial charge < -0.3 is 4.55 Å². The van der Waals surface area contributed by atoms with Gasteiger partial charge in [0.1, 0.15) is 0 Å². The molecule has 0 aromatic heterocycles. The summed E-state index contributed by atoms with van der Waals surface area (Å²) in [6.07, 6.45) is 8.41. The third kappa shape index (κ3) is 1.90. The van der Waals surface area contributed by atoms with Crippen LogP contribution in [0, 0.1) is 17.8 Å². The summed E-state index contributed by atoms with van der Waals surface area (Å²) in [4.78, 5) is 0.522. The maximum atomic E-state index is 11.1. The molecule has 1 N–H and O–H groups in total. The Morgan fingerprint density at radius 2 is 1.42 bits per heavy atom. The summed E-state index contributed by atoms with van der Waals surface area (Å²) >= 11 is -1.85. The van der Waals surface area contributed by atoms with Crippen LogP contribution in [-0.2, 0) is 16.5 Å². The summed E-state index contributed by atoms with van der Waals surface area (Å²) in [7, 11) is 0. The van der Waals surface area contributed by atoms with Crippen molar-refractivity contribution in [2.75, 3.05) is 0 Å². The first-order valence-corrected chi connectivity index (χ1v) is 8.47. The third-order valence-corrected chi connectivity index (χ3v) is 6.38. The zero-order valence-electron chi connectivity index (χ0n) is 11.0. The van der Waals surface area contributed by atoms with Crippen molar-refractivity contribution >= 4 is 11.1 Å². The Morgan fingerprint density at radius 1 is 0.947 bits per heavy atom. The summed E-state index contributed by atoms with van der Waals surface area (Å²) < 4.78 is 20.2. The molecule has 4 fully saturated rings. The van der Waals surface area contributed by atoms with Crippen LogP contribution in [0.2, 0.25) is 0 Å². The second-order valence-electron chi connectivity index (χ2n) is 6.97. The molecule has 3 heteroatoms. The average molecular weight is 276 g/mol. The van der Waals surface area contributed by atoms with Gasteiger partial charge in [0.25, 0.3) is 0 Å². The van der Waals surface area contributed by atoms with E-state index in [0.717, 1.165) is 17.8 Å². The minimum absolute atomic E-state index is 0.393. The Hall–Kier alpha value is -0.670. The molecule has 2 nitrogen and oxygen atoms in total. The molecule has 4 bridgehead atoms. The first-order chi connectivity index (χ1) is 9.14. The summed E-state index contributed by atoms with van der Waals surface area (Å²) in [6, 6.07) is 7.89. The van der Waals surface area contributed by atoms with E-state index in [9.17, 15) is 4.21 Å². The maximum absolute atomic E-state index is 11.1. The highest BCUT2D eigenvalue weighted by Gasteiger charge is 2.51. The van der Waals surface area contributed by atoms with E-state index in [-0.39, 0.29) is 0 Å². The third-order valence-electron chi connectivity index (χ3n) is 5.71. The smallest absolute Gasteiger partial charge is 0.186 e. The molecule has 0 radical (unpaired) electrons. The average Bonchev–Trinajstić information content (AvgIpc) is 2.37. The summed E-state index contributed by atoms with van der Waals surface area (Å²) in [5.41, 5.74) is 1.81. The monoisotopic (exact) mass is 276 g/mol. The van der Waals surface area contributed by atoms with E-state index in [4.69, 9.17) is 4.55 Å². The van der Waals surface area contributed by atoms with Gasteiger partial charge in [-0.25, -0.2) is 4.21 Å². The molecule has 1 unspecified atom stereocenters. The molecule has 4 saturated carbocycles. The molecule has 0 aliphatic heterocycles. The van der Waals surface area contributed by atoms with Crippen molar-refractivity contribution in [3.63, 3.8) is 0 Å². The van der Waals surface area contributed by atoms with Crippen LogP contribution in [0.1, 0.15) is 44.1 Å². The standard InChI is InChI=1S/C16H20O2S/c17-19(18)15-3-1-14(2-4-15)16-8-11-5-12(9-16)7-13(6-11)10-16/h1-4,11-13H,5-10H2,(H,17,18). The number of benzene rings is 1. The molecule has 0 saturated heterocycles. The van der Waals surface area contributed by atoms with Gasteiger partial charge in [0.2, 0.25) is 0 Å². The van der Waals surface area contributed by atoms with E-state index in [1.807, 2.05) is 12.1 Å². The molecule has 19 heavy (non-hydrogen) atoms. The van der Waals surface area contributed by atoms with Crippen molar-refractivity contribution in [2.45, 2.75) is 48.8 Å². The first kappa shape index (κ1) is 12.1. The Bertz CT molecular complexity index is 485. The second kappa shape index (κ2) is 4.16. The predicted molar refractivity (Wildman–Crippen MR) is 75.3 cm³/mol. The van der Waals surface area contributed by atoms with Gasteiger partial charge in [0.15, 0.2) is 11.1 Å². The molecule has 1 atom stereocenters. The van der Waals surface area contributed by atoms with Crippen molar-refractivity contribution in [3.8, 4) is 0 Å². The highest BCUT2D eigenvalue weighted by Crippen LogP contribution is 2.60. The molecule has 1 aromatic rings. The van der Waals surface area contributed by atoms with Crippen LogP contribution in [-0.4, -0.2) is 8.76 Å². The molecular weight excluding hydrogens is 256 g/mol. The van der Waals surface area contributed by atoms with Crippen LogP contribution in [0.3, 0.4) is 0 Å². The topological polar surface area (TPSA) is 37.3 Å². The lowest BCUT2D eigenvalue weighted by molar-refractivity contribution is -0.00521. The fraction of sp³-hybridized carbons (Fsp3) is 0.625. The van der Waals surface area contributed by atoms with E-state index in [2.05, 4.69) is 12.1 Å². The second-order valence-corrected chi connectivity index (χ2v) is 7.94. The van der Waals surface area contributed by atoms with Crippen molar-refractivity contribution in [1.29, 1.82) is 0 Å². The lowest BCUT2D eigenvalue weighted by atomic mass is 9.48. The molecule has 0 spiro atoms. The Balaban J connectivity index is 1.69. The Labute approximate surface area is 116 Å².